The number of rotatable bonds is 29. The molecule has 20 nitrogen and oxygen atoms in total. The van der Waals surface area contributed by atoms with Crippen molar-refractivity contribution in [1.29, 1.82) is 0 Å². The van der Waals surface area contributed by atoms with Gasteiger partial charge in [0.15, 0.2) is 11.4 Å². The van der Waals surface area contributed by atoms with Crippen molar-refractivity contribution < 1.29 is 51.3 Å². The normalized spacial score (nSPS) is 16.5. The molecule has 9 rings (SSSR count). The number of pyridine rings is 1. The van der Waals surface area contributed by atoms with Crippen LogP contribution in [0.1, 0.15) is 110 Å². The molecule has 4 amide bonds. The van der Waals surface area contributed by atoms with Crippen LogP contribution in [0.3, 0.4) is 0 Å². The number of hydrogen-bond acceptors (Lipinski definition) is 15. The first-order valence-electron chi connectivity index (χ1n) is 28.9. The predicted molar refractivity (Wildman–Crippen MR) is 312 cm³/mol. The molecular weight excluding hydrogens is 1080 g/mol. The number of alkyl halides is 2. The average molecular weight is 1160 g/mol. The molecule has 448 valence electrons. The van der Waals surface area contributed by atoms with E-state index in [2.05, 4.69) is 59.1 Å². The Morgan fingerprint density at radius 3 is 2.35 bits per heavy atom. The van der Waals surface area contributed by atoms with E-state index < -0.39 is 41.6 Å². The quantitative estimate of drug-likeness (QED) is 0.0246. The summed E-state index contributed by atoms with van der Waals surface area (Å²) in [5, 5.41) is 22.4. The number of carbonyl (C=O) groups excluding carboxylic acids is 4. The van der Waals surface area contributed by atoms with Crippen LogP contribution >= 0.6 is 0 Å². The Kier molecular flexibility index (Phi) is 20.9. The van der Waals surface area contributed by atoms with E-state index in [-0.39, 0.29) is 54.2 Å². The summed E-state index contributed by atoms with van der Waals surface area (Å²) in [6.07, 6.45) is 6.62. The maximum atomic E-state index is 14.7. The van der Waals surface area contributed by atoms with Gasteiger partial charge in [-0.1, -0.05) is 63.2 Å². The molecule has 2 aliphatic carbocycles. The summed E-state index contributed by atoms with van der Waals surface area (Å²) in [5.74, 6) is 0.562. The van der Waals surface area contributed by atoms with E-state index in [1.54, 1.807) is 49.3 Å². The van der Waals surface area contributed by atoms with Gasteiger partial charge in [-0.3, -0.25) is 19.2 Å². The summed E-state index contributed by atoms with van der Waals surface area (Å²) in [6.45, 7) is 12.2. The van der Waals surface area contributed by atoms with Crippen molar-refractivity contribution in [3.8, 4) is 22.9 Å². The number of ether oxygens (including phenoxy) is 4. The molecule has 3 aliphatic rings. The molecule has 0 spiro atoms. The fourth-order valence-corrected chi connectivity index (χ4v) is 10.1. The number of oxazole rings is 1. The third-order valence-electron chi connectivity index (χ3n) is 15.2. The van der Waals surface area contributed by atoms with Gasteiger partial charge in [-0.25, -0.2) is 23.4 Å². The highest BCUT2D eigenvalue weighted by Gasteiger charge is 2.43. The van der Waals surface area contributed by atoms with Crippen molar-refractivity contribution in [3.63, 3.8) is 0 Å². The van der Waals surface area contributed by atoms with E-state index >= 15 is 0 Å². The summed E-state index contributed by atoms with van der Waals surface area (Å²) < 4.78 is 58.4. The third-order valence-corrected chi connectivity index (χ3v) is 15.2. The van der Waals surface area contributed by atoms with Crippen molar-refractivity contribution in [2.24, 2.45) is 11.3 Å². The second-order valence-corrected chi connectivity index (χ2v) is 22.5. The fourth-order valence-electron chi connectivity index (χ4n) is 10.1. The zero-order valence-electron chi connectivity index (χ0n) is 48.4. The van der Waals surface area contributed by atoms with Crippen molar-refractivity contribution in [2.45, 2.75) is 110 Å². The molecule has 6 N–H and O–H groups in total. The molecule has 3 aromatic carbocycles. The topological polar surface area (TPSA) is 237 Å². The largest absolute Gasteiger partial charge is 0.491 e. The number of halogens is 2. The van der Waals surface area contributed by atoms with Crippen LogP contribution in [0.5, 0.6) is 5.75 Å². The van der Waals surface area contributed by atoms with Crippen molar-refractivity contribution in [1.82, 2.24) is 45.9 Å². The SMILES string of the molecule is CNC(C)C(=O)NC(C(=O)N1Cc2cc(OCCOCCOCCOCCNCc3ccc(-n4cc(NC(=O)c5coc(-c6ccnc(NCC7CC7)c6)n5)c(C(F)F)n4)cc3)ccc2C[C@H]1C(=O)N[C@@H]1CCCc2ccccc21)C(C)(C)C. The maximum absolute atomic E-state index is 14.7. The Morgan fingerprint density at radius 1 is 0.857 bits per heavy atom. The smallest absolute Gasteiger partial charge is 0.284 e. The van der Waals surface area contributed by atoms with Crippen LogP contribution in [0.15, 0.2) is 102 Å². The number of aryl methyl sites for hydroxylation is 1. The Morgan fingerprint density at radius 2 is 1.61 bits per heavy atom. The van der Waals surface area contributed by atoms with Crippen LogP contribution in [-0.2, 0) is 54.5 Å². The van der Waals surface area contributed by atoms with Crippen molar-refractivity contribution in [2.75, 3.05) is 77.0 Å². The number of likely N-dealkylation sites (N-methyl/N-ethyl adjacent to an activating group) is 1. The van der Waals surface area contributed by atoms with Gasteiger partial charge in [0.05, 0.1) is 69.3 Å². The molecule has 1 aliphatic heterocycles. The molecule has 22 heteroatoms. The molecule has 0 bridgehead atoms. The number of carbonyl (C=O) groups is 4. The zero-order chi connectivity index (χ0) is 59.2. The lowest BCUT2D eigenvalue weighted by molar-refractivity contribution is -0.147. The first-order valence-corrected chi connectivity index (χ1v) is 28.9. The van der Waals surface area contributed by atoms with Gasteiger partial charge in [-0.2, -0.15) is 5.10 Å². The van der Waals surface area contributed by atoms with Crippen LogP contribution in [0.25, 0.3) is 17.1 Å². The van der Waals surface area contributed by atoms with Crippen LogP contribution in [-0.4, -0.2) is 133 Å². The van der Waals surface area contributed by atoms with E-state index in [1.807, 2.05) is 63.2 Å². The lowest BCUT2D eigenvalue weighted by Crippen LogP contribution is -2.62. The molecule has 4 heterocycles. The summed E-state index contributed by atoms with van der Waals surface area (Å²) in [4.78, 5) is 65.6. The molecule has 0 radical (unpaired) electrons. The summed E-state index contributed by atoms with van der Waals surface area (Å²) in [7, 11) is 1.69. The van der Waals surface area contributed by atoms with E-state index in [1.165, 1.54) is 35.5 Å². The molecule has 6 aromatic rings. The number of nitrogens with zero attached hydrogens (tertiary/aromatic N) is 5. The van der Waals surface area contributed by atoms with Crippen LogP contribution in [0, 0.1) is 11.3 Å². The van der Waals surface area contributed by atoms with E-state index in [9.17, 15) is 28.0 Å². The van der Waals surface area contributed by atoms with Gasteiger partial charge < -0.3 is 60.2 Å². The summed E-state index contributed by atoms with van der Waals surface area (Å²) >= 11 is 0. The summed E-state index contributed by atoms with van der Waals surface area (Å²) in [5.41, 5.74) is 4.79. The van der Waals surface area contributed by atoms with Gasteiger partial charge in [0.2, 0.25) is 23.6 Å². The standard InChI is InChI=1S/C62H77F2N11O9/c1-39(65-5)57(76)72-55(62(2,3)4)61(79)74-36-45-31-47(20-17-43(45)32-52(74)59(78)69-49-12-8-10-42-9-6-7-11-48(42)49)83-30-29-82-28-27-81-26-25-80-24-23-66-34-40-15-18-46(19-16-40)75-37-50(54(73-75)56(63)64)70-58(77)51-38-84-60(71-51)44-21-22-67-53(33-44)68-35-41-13-14-41/h6-7,9,11,15-22,31,33,37-39,41,49,52,55-56,65-66H,8,10,12-14,23-30,32,34-36H2,1-5H3,(H,67,68)(H,69,78)(H,70,77)(H,72,76)/t39?,49-,52+,55?/m1/s1. The molecule has 1 saturated carbocycles. The molecule has 84 heavy (non-hydrogen) atoms. The fraction of sp³-hybridized carbons (Fsp3) is 0.468. The number of amides is 4. The first-order chi connectivity index (χ1) is 40.6. The predicted octanol–water partition coefficient (Wildman–Crippen LogP) is 7.74. The molecule has 3 aromatic heterocycles. The number of fused-ring (bicyclic) bond motifs is 2. The molecule has 0 saturated heterocycles. The molecule has 2 unspecified atom stereocenters. The van der Waals surface area contributed by atoms with Gasteiger partial charge in [-0.15, -0.1) is 0 Å². The highest BCUT2D eigenvalue weighted by atomic mass is 19.3. The second-order valence-electron chi connectivity index (χ2n) is 22.5. The highest BCUT2D eigenvalue weighted by molar-refractivity contribution is 6.03. The number of aromatic nitrogens is 4. The number of anilines is 2. The van der Waals surface area contributed by atoms with Gasteiger partial charge in [-0.05, 0) is 122 Å². The van der Waals surface area contributed by atoms with Gasteiger partial charge >= 0.3 is 0 Å². The minimum atomic E-state index is -2.95. The average Bonchev–Trinajstić information content (AvgIpc) is 2.01. The Hall–Kier alpha value is -7.63. The summed E-state index contributed by atoms with van der Waals surface area (Å²) in [6, 6.07) is 22.3. The van der Waals surface area contributed by atoms with Crippen LogP contribution in [0.2, 0.25) is 0 Å². The molecule has 4 atom stereocenters. The number of benzene rings is 3. The number of nitrogens with one attached hydrogen (secondary N) is 6. The molecular formula is C62H77F2N11O9. The first kappa shape index (κ1) is 60.9. The van der Waals surface area contributed by atoms with E-state index in [0.717, 1.165) is 48.1 Å². The van der Waals surface area contributed by atoms with Crippen LogP contribution in [0.4, 0.5) is 20.3 Å². The Bertz CT molecular complexity index is 3180. The zero-order valence-corrected chi connectivity index (χ0v) is 48.4. The van der Waals surface area contributed by atoms with Crippen molar-refractivity contribution >= 4 is 35.1 Å². The highest BCUT2D eigenvalue weighted by Crippen LogP contribution is 2.35. The molecule has 1 fully saturated rings. The second kappa shape index (κ2) is 28.8. The minimum absolute atomic E-state index is 0.0769. The Labute approximate surface area is 488 Å². The van der Waals surface area contributed by atoms with Crippen LogP contribution < -0.4 is 36.6 Å². The third kappa shape index (κ3) is 16.4. The Balaban J connectivity index is 0.661. The van der Waals surface area contributed by atoms with Gasteiger partial charge in [0.1, 0.15) is 36.5 Å². The maximum Gasteiger partial charge on any atom is 0.284 e. The van der Waals surface area contributed by atoms with Gasteiger partial charge in [0.25, 0.3) is 12.3 Å². The van der Waals surface area contributed by atoms with E-state index in [4.69, 9.17) is 23.4 Å². The number of hydrogen-bond donors (Lipinski definition) is 6. The van der Waals surface area contributed by atoms with E-state index in [0.29, 0.717) is 87.9 Å². The van der Waals surface area contributed by atoms with Gasteiger partial charge in [0, 0.05) is 44.4 Å². The lowest BCUT2D eigenvalue weighted by atomic mass is 9.83. The monoisotopic (exact) mass is 1160 g/mol. The minimum Gasteiger partial charge on any atom is -0.491 e. The lowest BCUT2D eigenvalue weighted by Gasteiger charge is -2.41. The van der Waals surface area contributed by atoms with Crippen molar-refractivity contribution in [3.05, 3.63) is 137 Å².